The molecule has 0 unspecified atom stereocenters. The van der Waals surface area contributed by atoms with Crippen LogP contribution in [0, 0.1) is 10.1 Å². The van der Waals surface area contributed by atoms with Crippen LogP contribution in [0.3, 0.4) is 0 Å². The van der Waals surface area contributed by atoms with Gasteiger partial charge >= 0.3 is 5.97 Å². The highest BCUT2D eigenvalue weighted by molar-refractivity contribution is 7.14. The number of aromatic nitrogens is 1. The lowest BCUT2D eigenvalue weighted by atomic mass is 10.1. The van der Waals surface area contributed by atoms with Crippen molar-refractivity contribution in [3.63, 3.8) is 0 Å². The number of benzene rings is 2. The zero-order valence-electron chi connectivity index (χ0n) is 15.2. The van der Waals surface area contributed by atoms with Crippen molar-refractivity contribution in [1.29, 1.82) is 0 Å². The van der Waals surface area contributed by atoms with Gasteiger partial charge in [0.15, 0.2) is 23.2 Å². The summed E-state index contributed by atoms with van der Waals surface area (Å²) < 4.78 is 15.4. The van der Waals surface area contributed by atoms with E-state index in [1.165, 1.54) is 24.3 Å². The van der Waals surface area contributed by atoms with Crippen LogP contribution in [-0.4, -0.2) is 35.2 Å². The zero-order valence-corrected chi connectivity index (χ0v) is 16.0. The van der Waals surface area contributed by atoms with Gasteiger partial charge in [-0.2, -0.15) is 0 Å². The van der Waals surface area contributed by atoms with Crippen molar-refractivity contribution in [3.05, 3.63) is 63.5 Å². The van der Waals surface area contributed by atoms with Gasteiger partial charge in [-0.25, -0.2) is 9.78 Å². The van der Waals surface area contributed by atoms with Gasteiger partial charge in [0.25, 0.3) is 11.6 Å². The molecule has 1 aliphatic heterocycles. The molecule has 4 rings (SSSR count). The van der Waals surface area contributed by atoms with Gasteiger partial charge in [-0.3, -0.25) is 20.2 Å². The van der Waals surface area contributed by atoms with Gasteiger partial charge in [-0.05, 0) is 18.2 Å². The Labute approximate surface area is 173 Å². The predicted molar refractivity (Wildman–Crippen MR) is 106 cm³/mol. The second-order valence-corrected chi connectivity index (χ2v) is 6.90. The van der Waals surface area contributed by atoms with E-state index in [9.17, 15) is 19.7 Å². The summed E-state index contributed by atoms with van der Waals surface area (Å²) in [5.74, 6) is -0.276. The third kappa shape index (κ3) is 4.20. The van der Waals surface area contributed by atoms with Gasteiger partial charge in [0.05, 0.1) is 16.2 Å². The first-order chi connectivity index (χ1) is 14.5. The Morgan fingerprint density at radius 1 is 1.20 bits per heavy atom. The lowest BCUT2D eigenvalue weighted by Gasteiger charge is -2.05. The molecule has 0 aliphatic carbocycles. The fourth-order valence-corrected chi connectivity index (χ4v) is 3.37. The van der Waals surface area contributed by atoms with Crippen LogP contribution in [0.25, 0.3) is 11.3 Å². The molecular weight excluding hydrogens is 414 g/mol. The van der Waals surface area contributed by atoms with Crippen LogP contribution in [0.2, 0.25) is 0 Å². The molecule has 10 nitrogen and oxygen atoms in total. The quantitative estimate of drug-likeness (QED) is 0.360. The van der Waals surface area contributed by atoms with E-state index in [-0.39, 0.29) is 23.2 Å². The SMILES string of the molecule is O=C(COC(=O)c1ccc2c(c1)OCO2)Nc1nc(-c2cccc([N+](=O)[O-])c2)cs1. The number of amides is 1. The number of nitro groups is 1. The molecule has 0 atom stereocenters. The number of nitro benzene ring substituents is 1. The van der Waals surface area contributed by atoms with Crippen LogP contribution in [-0.2, 0) is 9.53 Å². The molecule has 152 valence electrons. The van der Waals surface area contributed by atoms with E-state index in [1.54, 1.807) is 23.6 Å². The van der Waals surface area contributed by atoms with Crippen molar-refractivity contribution in [2.75, 3.05) is 18.7 Å². The number of non-ortho nitro benzene ring substituents is 1. The molecule has 0 saturated carbocycles. The molecule has 2 heterocycles. The number of esters is 1. The van der Waals surface area contributed by atoms with E-state index >= 15 is 0 Å². The van der Waals surface area contributed by atoms with Crippen molar-refractivity contribution < 1.29 is 28.7 Å². The zero-order chi connectivity index (χ0) is 21.1. The van der Waals surface area contributed by atoms with Crippen molar-refractivity contribution >= 4 is 34.0 Å². The third-order valence-electron chi connectivity index (χ3n) is 4.05. The summed E-state index contributed by atoms with van der Waals surface area (Å²) >= 11 is 1.15. The van der Waals surface area contributed by atoms with Crippen LogP contribution >= 0.6 is 11.3 Å². The van der Waals surface area contributed by atoms with Gasteiger partial charge in [0.2, 0.25) is 6.79 Å². The average molecular weight is 427 g/mol. The minimum Gasteiger partial charge on any atom is -0.454 e. The molecule has 0 fully saturated rings. The maximum atomic E-state index is 12.1. The number of fused-ring (bicyclic) bond motifs is 1. The molecule has 11 heteroatoms. The summed E-state index contributed by atoms with van der Waals surface area (Å²) in [5, 5.41) is 15.4. The first kappa shape index (κ1) is 19.3. The highest BCUT2D eigenvalue weighted by Crippen LogP contribution is 2.32. The Bertz CT molecular complexity index is 1140. The summed E-state index contributed by atoms with van der Waals surface area (Å²) in [4.78, 5) is 38.8. The number of carbonyl (C=O) groups excluding carboxylic acids is 2. The monoisotopic (exact) mass is 427 g/mol. The van der Waals surface area contributed by atoms with Gasteiger partial charge in [-0.15, -0.1) is 11.3 Å². The number of carbonyl (C=O) groups is 2. The van der Waals surface area contributed by atoms with Gasteiger partial charge in [-0.1, -0.05) is 12.1 Å². The van der Waals surface area contributed by atoms with Gasteiger partial charge < -0.3 is 14.2 Å². The molecule has 1 aromatic heterocycles. The highest BCUT2D eigenvalue weighted by atomic mass is 32.1. The minimum absolute atomic E-state index is 0.0542. The van der Waals surface area contributed by atoms with E-state index in [1.807, 2.05) is 0 Å². The fraction of sp³-hybridized carbons (Fsp3) is 0.105. The minimum atomic E-state index is -0.681. The van der Waals surface area contributed by atoms with Crippen molar-refractivity contribution in [1.82, 2.24) is 4.98 Å². The number of nitrogens with zero attached hydrogens (tertiary/aromatic N) is 2. The normalized spacial score (nSPS) is 11.7. The summed E-state index contributed by atoms with van der Waals surface area (Å²) in [7, 11) is 0. The number of thiazole rings is 1. The molecule has 0 saturated heterocycles. The lowest BCUT2D eigenvalue weighted by Crippen LogP contribution is -2.20. The van der Waals surface area contributed by atoms with Crippen LogP contribution in [0.15, 0.2) is 47.8 Å². The molecule has 0 spiro atoms. The van der Waals surface area contributed by atoms with Crippen molar-refractivity contribution in [2.24, 2.45) is 0 Å². The smallest absolute Gasteiger partial charge is 0.338 e. The van der Waals surface area contributed by atoms with E-state index in [0.717, 1.165) is 11.3 Å². The number of nitrogens with one attached hydrogen (secondary N) is 1. The van der Waals surface area contributed by atoms with Crippen LogP contribution in [0.1, 0.15) is 10.4 Å². The van der Waals surface area contributed by atoms with Crippen LogP contribution < -0.4 is 14.8 Å². The topological polar surface area (TPSA) is 130 Å². The first-order valence-corrected chi connectivity index (χ1v) is 9.44. The highest BCUT2D eigenvalue weighted by Gasteiger charge is 2.18. The number of hydrogen-bond acceptors (Lipinski definition) is 9. The molecule has 0 radical (unpaired) electrons. The number of ether oxygens (including phenoxy) is 3. The summed E-state index contributed by atoms with van der Waals surface area (Å²) in [6.45, 7) is -0.415. The van der Waals surface area contributed by atoms with E-state index in [4.69, 9.17) is 14.2 Å². The van der Waals surface area contributed by atoms with Crippen LogP contribution in [0.5, 0.6) is 11.5 Å². The molecule has 1 N–H and O–H groups in total. The Morgan fingerprint density at radius 3 is 2.87 bits per heavy atom. The molecule has 2 aromatic carbocycles. The first-order valence-electron chi connectivity index (χ1n) is 8.56. The number of rotatable bonds is 6. The van der Waals surface area contributed by atoms with Gasteiger partial charge in [0, 0.05) is 23.1 Å². The summed E-state index contributed by atoms with van der Waals surface area (Å²) in [6.07, 6.45) is 0. The maximum absolute atomic E-state index is 12.1. The third-order valence-corrected chi connectivity index (χ3v) is 4.80. The van der Waals surface area contributed by atoms with Gasteiger partial charge in [0.1, 0.15) is 0 Å². The Kier molecular flexibility index (Phi) is 5.26. The number of anilines is 1. The van der Waals surface area contributed by atoms with E-state index in [2.05, 4.69) is 10.3 Å². The second-order valence-electron chi connectivity index (χ2n) is 6.04. The average Bonchev–Trinajstić information content (AvgIpc) is 3.41. The maximum Gasteiger partial charge on any atom is 0.338 e. The summed E-state index contributed by atoms with van der Waals surface area (Å²) in [6, 6.07) is 10.6. The predicted octanol–water partition coefficient (Wildman–Crippen LogP) is 3.24. The second kappa shape index (κ2) is 8.17. The molecule has 30 heavy (non-hydrogen) atoms. The van der Waals surface area contributed by atoms with Crippen LogP contribution in [0.4, 0.5) is 10.8 Å². The molecular formula is C19H13N3O7S. The Morgan fingerprint density at radius 2 is 2.03 bits per heavy atom. The standard InChI is InChI=1S/C19H13N3O7S/c23-17(8-27-18(24)12-4-5-15-16(7-12)29-10-28-15)21-19-20-14(9-30-19)11-2-1-3-13(6-11)22(25)26/h1-7,9H,8,10H2,(H,20,21,23). The van der Waals surface area contributed by atoms with Crippen molar-refractivity contribution in [3.8, 4) is 22.8 Å². The lowest BCUT2D eigenvalue weighted by molar-refractivity contribution is -0.384. The molecule has 1 amide bonds. The molecule has 3 aromatic rings. The summed E-state index contributed by atoms with van der Waals surface area (Å²) in [5.41, 5.74) is 1.21. The largest absolute Gasteiger partial charge is 0.454 e. The molecule has 0 bridgehead atoms. The van der Waals surface area contributed by atoms with Crippen molar-refractivity contribution in [2.45, 2.75) is 0 Å². The number of hydrogen-bond donors (Lipinski definition) is 1. The fourth-order valence-electron chi connectivity index (χ4n) is 2.64. The Hall–Kier alpha value is -3.99. The van der Waals surface area contributed by atoms with E-state index in [0.29, 0.717) is 22.8 Å². The Balaban J connectivity index is 1.34. The van der Waals surface area contributed by atoms with E-state index < -0.39 is 23.4 Å². The molecule has 1 aliphatic rings.